The molecule has 1 aromatic carbocycles. The van der Waals surface area contributed by atoms with Crippen LogP contribution in [0.15, 0.2) is 64.7 Å². The number of hydrogen-bond donors (Lipinski definition) is 1. The molecule has 166 valence electrons. The largest absolute Gasteiger partial charge is 0.461 e. The summed E-state index contributed by atoms with van der Waals surface area (Å²) in [6.07, 6.45) is 5.38. The van der Waals surface area contributed by atoms with Crippen molar-refractivity contribution in [2.75, 3.05) is 6.79 Å². The molecule has 3 aromatic rings. The minimum atomic E-state index is -1.09. The molecule has 1 fully saturated rings. The van der Waals surface area contributed by atoms with Gasteiger partial charge >= 0.3 is 0 Å². The fourth-order valence-electron chi connectivity index (χ4n) is 4.89. The average molecular weight is 452 g/mol. The number of carbonyl (C=O) groups is 1. The molecule has 1 N–H and O–H groups in total. The lowest BCUT2D eigenvalue weighted by Gasteiger charge is -2.40. The zero-order valence-electron chi connectivity index (χ0n) is 18.0. The van der Waals surface area contributed by atoms with Gasteiger partial charge in [0, 0.05) is 4.90 Å². The maximum Gasteiger partial charge on any atom is 0.230 e. The molecule has 2 atom stereocenters. The molecule has 8 heteroatoms. The Morgan fingerprint density at radius 3 is 2.69 bits per heavy atom. The summed E-state index contributed by atoms with van der Waals surface area (Å²) >= 11 is 1.53. The third kappa shape index (κ3) is 3.20. The highest BCUT2D eigenvalue weighted by Crippen LogP contribution is 2.52. The number of aliphatic hydroxyl groups excluding tert-OH is 1. The van der Waals surface area contributed by atoms with Gasteiger partial charge in [0.15, 0.2) is 11.9 Å². The second-order valence-electron chi connectivity index (χ2n) is 8.87. The van der Waals surface area contributed by atoms with E-state index in [1.165, 1.54) is 24.4 Å². The van der Waals surface area contributed by atoms with E-state index >= 15 is 0 Å². The van der Waals surface area contributed by atoms with Crippen molar-refractivity contribution in [1.82, 2.24) is 14.5 Å². The molecule has 2 aliphatic rings. The molecule has 32 heavy (non-hydrogen) atoms. The van der Waals surface area contributed by atoms with Gasteiger partial charge in [0.1, 0.15) is 35.1 Å². The van der Waals surface area contributed by atoms with Gasteiger partial charge in [-0.2, -0.15) is 0 Å². The van der Waals surface area contributed by atoms with Crippen molar-refractivity contribution in [3.63, 3.8) is 0 Å². The van der Waals surface area contributed by atoms with Gasteiger partial charge in [-0.3, -0.25) is 0 Å². The number of rotatable bonds is 6. The van der Waals surface area contributed by atoms with Crippen LogP contribution < -0.4 is 0 Å². The first kappa shape index (κ1) is 21.0. The van der Waals surface area contributed by atoms with E-state index in [9.17, 15) is 9.90 Å². The Kier molecular flexibility index (Phi) is 5.22. The molecule has 7 nitrogen and oxygen atoms in total. The number of ether oxygens (including phenoxy) is 2. The summed E-state index contributed by atoms with van der Waals surface area (Å²) in [6, 6.07) is 11.9. The molecule has 3 heterocycles. The first-order valence-corrected chi connectivity index (χ1v) is 11.5. The topological polar surface area (TPSA) is 86.5 Å². The molecule has 1 aliphatic carbocycles. The summed E-state index contributed by atoms with van der Waals surface area (Å²) < 4.78 is 12.6. The molecular formula is C24H25N3O4S. The van der Waals surface area contributed by atoms with Crippen molar-refractivity contribution in [3.8, 4) is 0 Å². The summed E-state index contributed by atoms with van der Waals surface area (Å²) in [5.74, 6) is 0.316. The average Bonchev–Trinajstić information content (AvgIpc) is 3.52. The summed E-state index contributed by atoms with van der Waals surface area (Å²) in [4.78, 5) is 22.9. The number of benzene rings is 1. The molecular weight excluding hydrogens is 426 g/mol. The van der Waals surface area contributed by atoms with Gasteiger partial charge in [0.05, 0.1) is 11.1 Å². The molecule has 0 spiro atoms. The molecule has 0 saturated heterocycles. The Hall–Kier alpha value is -2.84. The quantitative estimate of drug-likeness (QED) is 0.434. The van der Waals surface area contributed by atoms with E-state index in [0.29, 0.717) is 23.5 Å². The summed E-state index contributed by atoms with van der Waals surface area (Å²) in [7, 11) is 0. The smallest absolute Gasteiger partial charge is 0.230 e. The summed E-state index contributed by atoms with van der Waals surface area (Å²) in [5.41, 5.74) is 0.0332. The molecule has 1 saturated carbocycles. The highest BCUT2D eigenvalue weighted by atomic mass is 32.2. The van der Waals surface area contributed by atoms with Crippen molar-refractivity contribution in [3.05, 3.63) is 60.4 Å². The van der Waals surface area contributed by atoms with E-state index in [4.69, 9.17) is 9.47 Å². The number of aromatic nitrogens is 3. The van der Waals surface area contributed by atoms with Crippen molar-refractivity contribution in [2.24, 2.45) is 5.41 Å². The Balaban J connectivity index is 1.74. The van der Waals surface area contributed by atoms with Crippen LogP contribution in [0, 0.1) is 5.41 Å². The Labute approximate surface area is 190 Å². The van der Waals surface area contributed by atoms with Crippen LogP contribution in [-0.2, 0) is 19.8 Å². The number of hydrogen-bond acceptors (Lipinski definition) is 7. The van der Waals surface area contributed by atoms with E-state index in [2.05, 4.69) is 23.8 Å². The minimum absolute atomic E-state index is 0.0614. The van der Waals surface area contributed by atoms with Crippen LogP contribution in [-0.4, -0.2) is 32.7 Å². The van der Waals surface area contributed by atoms with Gasteiger partial charge < -0.3 is 23.9 Å². The van der Waals surface area contributed by atoms with E-state index < -0.39 is 11.6 Å². The minimum Gasteiger partial charge on any atom is -0.461 e. The van der Waals surface area contributed by atoms with Crippen LogP contribution in [0.3, 0.4) is 0 Å². The van der Waals surface area contributed by atoms with Crippen LogP contribution in [0.2, 0.25) is 0 Å². The first-order valence-electron chi connectivity index (χ1n) is 10.7. The van der Waals surface area contributed by atoms with Crippen LogP contribution in [0.25, 0.3) is 11.0 Å². The third-order valence-electron chi connectivity index (χ3n) is 6.71. The monoisotopic (exact) mass is 451 g/mol. The number of aliphatic hydroxyl groups is 1. The second kappa shape index (κ2) is 7.94. The number of nitrogens with zero attached hydrogens (tertiary/aromatic N) is 3. The lowest BCUT2D eigenvalue weighted by molar-refractivity contribution is -0.119. The highest BCUT2D eigenvalue weighted by molar-refractivity contribution is 7.99. The van der Waals surface area contributed by atoms with E-state index in [1.54, 1.807) is 0 Å². The normalized spacial score (nSPS) is 22.9. The summed E-state index contributed by atoms with van der Waals surface area (Å²) in [6.45, 7) is 4.27. The molecule has 0 bridgehead atoms. The van der Waals surface area contributed by atoms with E-state index in [-0.39, 0.29) is 12.2 Å². The Bertz CT molecular complexity index is 1190. The van der Waals surface area contributed by atoms with Crippen LogP contribution in [0.5, 0.6) is 0 Å². The van der Waals surface area contributed by atoms with Gasteiger partial charge in [-0.1, -0.05) is 43.8 Å². The van der Waals surface area contributed by atoms with Crippen molar-refractivity contribution in [1.29, 1.82) is 0 Å². The van der Waals surface area contributed by atoms with Gasteiger partial charge in [-0.25, -0.2) is 9.97 Å². The van der Waals surface area contributed by atoms with E-state index in [0.717, 1.165) is 34.4 Å². The molecule has 0 radical (unpaired) electrons. The zero-order chi connectivity index (χ0) is 22.3. The number of fused-ring (bicyclic) bond motifs is 1. The first-order chi connectivity index (χ1) is 15.5. The molecule has 2 aromatic heterocycles. The number of aldehydes is 1. The molecule has 2 unspecified atom stereocenters. The standard InChI is InChI=1S/C24H25N3O4S/c1-23(2)9-6-10-24(23,13-28)27-18(20(29)19-12-30-15-31-19)11-17-21(27)25-14-26-22(17)32-16-7-4-3-5-8-16/h3-5,7-8,11-14,20,29H,6,9-10,15H2,1-2H3. The highest BCUT2D eigenvalue weighted by Gasteiger charge is 2.52. The molecule has 0 amide bonds. The van der Waals surface area contributed by atoms with Crippen molar-refractivity contribution >= 4 is 29.1 Å². The van der Waals surface area contributed by atoms with E-state index in [1.807, 2.05) is 41.0 Å². The van der Waals surface area contributed by atoms with Crippen LogP contribution in [0.1, 0.15) is 44.9 Å². The maximum atomic E-state index is 12.7. The summed E-state index contributed by atoms with van der Waals surface area (Å²) in [5, 5.41) is 12.8. The van der Waals surface area contributed by atoms with Crippen molar-refractivity contribution in [2.45, 2.75) is 54.7 Å². The van der Waals surface area contributed by atoms with Crippen molar-refractivity contribution < 1.29 is 19.4 Å². The Morgan fingerprint density at radius 2 is 2.03 bits per heavy atom. The third-order valence-corrected chi connectivity index (χ3v) is 7.74. The van der Waals surface area contributed by atoms with Crippen LogP contribution in [0.4, 0.5) is 0 Å². The number of carbonyl (C=O) groups excluding carboxylic acids is 1. The van der Waals surface area contributed by atoms with Gasteiger partial charge in [-0.05, 0) is 42.9 Å². The van der Waals surface area contributed by atoms with Crippen LogP contribution >= 0.6 is 11.8 Å². The molecule has 5 rings (SSSR count). The van der Waals surface area contributed by atoms with Gasteiger partial charge in [0.25, 0.3) is 0 Å². The SMILES string of the molecule is CC1(C)CCCC1(C=O)n1c(C(O)C2=COCO2)cc2c(Sc3ccccc3)ncnc21. The van der Waals surface area contributed by atoms with Gasteiger partial charge in [0.2, 0.25) is 6.79 Å². The fraction of sp³-hybridized carbons (Fsp3) is 0.375. The van der Waals surface area contributed by atoms with Gasteiger partial charge in [-0.15, -0.1) is 0 Å². The zero-order valence-corrected chi connectivity index (χ0v) is 18.8. The Morgan fingerprint density at radius 1 is 1.22 bits per heavy atom. The predicted octanol–water partition coefficient (Wildman–Crippen LogP) is 4.57. The lowest BCUT2D eigenvalue weighted by atomic mass is 9.75. The second-order valence-corrected chi connectivity index (χ2v) is 9.93. The predicted molar refractivity (Wildman–Crippen MR) is 120 cm³/mol. The fourth-order valence-corrected chi connectivity index (χ4v) is 5.77. The lowest BCUT2D eigenvalue weighted by Crippen LogP contribution is -2.45. The maximum absolute atomic E-state index is 12.7. The molecule has 1 aliphatic heterocycles.